The summed E-state index contributed by atoms with van der Waals surface area (Å²) in [4.78, 5) is 0. The summed E-state index contributed by atoms with van der Waals surface area (Å²) in [5.74, 6) is 1.29. The molecular weight excluding hydrogens is 637 g/mol. The van der Waals surface area contributed by atoms with E-state index >= 15 is 0 Å². The van der Waals surface area contributed by atoms with Gasteiger partial charge in [0.2, 0.25) is 0 Å². The third kappa shape index (κ3) is 8.38. The molecule has 2 unspecified atom stereocenters. The Morgan fingerprint density at radius 2 is 1.36 bits per heavy atom. The summed E-state index contributed by atoms with van der Waals surface area (Å²) in [5, 5.41) is 0. The normalized spacial score (nSPS) is 17.7. The van der Waals surface area contributed by atoms with E-state index in [1.165, 1.54) is 104 Å². The predicted molar refractivity (Wildman–Crippen MR) is 231 cm³/mol. The first-order valence-electron chi connectivity index (χ1n) is 20.1. The molecule has 0 heterocycles. The number of fused-ring (bicyclic) bond motifs is 5. The van der Waals surface area contributed by atoms with Crippen molar-refractivity contribution in [3.05, 3.63) is 177 Å². The average molecular weight is 699 g/mol. The number of hydrogen-bond acceptors (Lipinski definition) is 0. The molecule has 1 saturated carbocycles. The predicted octanol–water partition coefficient (Wildman–Crippen LogP) is 14.9. The lowest BCUT2D eigenvalue weighted by Gasteiger charge is -2.36. The quantitative estimate of drug-likeness (QED) is 0.175. The maximum absolute atomic E-state index is 2.44. The summed E-state index contributed by atoms with van der Waals surface area (Å²) in [5.41, 5.74) is 20.5. The van der Waals surface area contributed by atoms with Crippen LogP contribution in [-0.4, -0.2) is 0 Å². The lowest BCUT2D eigenvalue weighted by molar-refractivity contribution is 0.433. The summed E-state index contributed by atoms with van der Waals surface area (Å²) in [7, 11) is 0. The minimum absolute atomic E-state index is 0.151. The molecule has 0 radical (unpaired) electrons. The van der Waals surface area contributed by atoms with E-state index in [2.05, 4.69) is 191 Å². The molecule has 0 spiro atoms. The van der Waals surface area contributed by atoms with Gasteiger partial charge in [-0.05, 0) is 126 Å². The topological polar surface area (TPSA) is 0 Å². The second kappa shape index (κ2) is 15.9. The Kier molecular flexibility index (Phi) is 11.5. The second-order valence-corrected chi connectivity index (χ2v) is 17.5. The first-order chi connectivity index (χ1) is 25.3. The Labute approximate surface area is 322 Å². The van der Waals surface area contributed by atoms with Crippen molar-refractivity contribution in [3.63, 3.8) is 0 Å². The van der Waals surface area contributed by atoms with Gasteiger partial charge in [0.15, 0.2) is 0 Å². The van der Waals surface area contributed by atoms with Crippen LogP contribution >= 0.6 is 0 Å². The fourth-order valence-electron chi connectivity index (χ4n) is 8.93. The zero-order valence-corrected chi connectivity index (χ0v) is 34.2. The molecule has 1 fully saturated rings. The molecule has 5 aromatic rings. The average Bonchev–Trinajstić information content (AvgIpc) is 3.35. The van der Waals surface area contributed by atoms with Crippen LogP contribution in [0.1, 0.15) is 123 Å². The molecule has 3 aliphatic rings. The molecule has 0 nitrogen and oxygen atoms in total. The molecule has 53 heavy (non-hydrogen) atoms. The molecule has 3 aliphatic carbocycles. The maximum Gasteiger partial charge on any atom is 0.0158 e. The summed E-state index contributed by atoms with van der Waals surface area (Å²) >= 11 is 0. The van der Waals surface area contributed by atoms with Gasteiger partial charge in [0.05, 0.1) is 0 Å². The van der Waals surface area contributed by atoms with E-state index in [0.29, 0.717) is 11.8 Å². The van der Waals surface area contributed by atoms with Crippen LogP contribution in [-0.2, 0) is 17.3 Å². The number of rotatable bonds is 4. The summed E-state index contributed by atoms with van der Waals surface area (Å²) in [6.45, 7) is 22.5. The van der Waals surface area contributed by atoms with Crippen LogP contribution in [0.25, 0.3) is 22.3 Å². The summed E-state index contributed by atoms with van der Waals surface area (Å²) in [6.07, 6.45) is 13.4. The van der Waals surface area contributed by atoms with Crippen LogP contribution < -0.4 is 0 Å². The van der Waals surface area contributed by atoms with E-state index in [1.54, 1.807) is 5.57 Å². The fourth-order valence-corrected chi connectivity index (χ4v) is 8.93. The van der Waals surface area contributed by atoms with E-state index in [4.69, 9.17) is 0 Å². The van der Waals surface area contributed by atoms with Gasteiger partial charge >= 0.3 is 0 Å². The van der Waals surface area contributed by atoms with E-state index < -0.39 is 0 Å². The first kappa shape index (κ1) is 38.3. The smallest absolute Gasteiger partial charge is 0.0158 e. The molecule has 0 aromatic heterocycles. The van der Waals surface area contributed by atoms with Crippen LogP contribution in [0.3, 0.4) is 0 Å². The third-order valence-electron chi connectivity index (χ3n) is 11.9. The van der Waals surface area contributed by atoms with Crippen LogP contribution in [0.5, 0.6) is 0 Å². The van der Waals surface area contributed by atoms with Gasteiger partial charge < -0.3 is 0 Å². The van der Waals surface area contributed by atoms with E-state index in [1.807, 2.05) is 0 Å². The van der Waals surface area contributed by atoms with Gasteiger partial charge in [0.1, 0.15) is 0 Å². The largest absolute Gasteiger partial charge is 0.0805 e. The van der Waals surface area contributed by atoms with Crippen molar-refractivity contribution in [2.24, 2.45) is 5.92 Å². The molecule has 0 heteroatoms. The van der Waals surface area contributed by atoms with Crippen molar-refractivity contribution >= 4 is 0 Å². The fraction of sp³-hybridized carbons (Fsp3) is 0.358. The third-order valence-corrected chi connectivity index (χ3v) is 11.9. The highest BCUT2D eigenvalue weighted by atomic mass is 14.4. The van der Waals surface area contributed by atoms with Crippen molar-refractivity contribution < 1.29 is 0 Å². The van der Waals surface area contributed by atoms with Gasteiger partial charge in [-0.2, -0.15) is 0 Å². The highest BCUT2D eigenvalue weighted by molar-refractivity contribution is 5.80. The zero-order valence-electron chi connectivity index (χ0n) is 34.2. The monoisotopic (exact) mass is 698 g/mol. The van der Waals surface area contributed by atoms with Crippen molar-refractivity contribution in [3.8, 4) is 22.3 Å². The first-order valence-corrected chi connectivity index (χ1v) is 20.1. The summed E-state index contributed by atoms with van der Waals surface area (Å²) < 4.78 is 0. The maximum atomic E-state index is 2.44. The Morgan fingerprint density at radius 3 is 2.08 bits per heavy atom. The number of hydrogen-bond donors (Lipinski definition) is 0. The van der Waals surface area contributed by atoms with Crippen LogP contribution in [0, 0.1) is 33.6 Å². The van der Waals surface area contributed by atoms with Gasteiger partial charge in [-0.25, -0.2) is 0 Å². The van der Waals surface area contributed by atoms with Crippen LogP contribution in [0.2, 0.25) is 0 Å². The van der Waals surface area contributed by atoms with Crippen LogP contribution in [0.15, 0.2) is 127 Å². The molecular formula is C53H62. The highest BCUT2D eigenvalue weighted by Gasteiger charge is 2.35. The van der Waals surface area contributed by atoms with Crippen molar-refractivity contribution in [1.29, 1.82) is 0 Å². The molecule has 8 rings (SSSR count). The zero-order chi connectivity index (χ0) is 37.9. The van der Waals surface area contributed by atoms with Crippen molar-refractivity contribution in [1.82, 2.24) is 0 Å². The molecule has 5 aromatic carbocycles. The molecule has 274 valence electrons. The van der Waals surface area contributed by atoms with Gasteiger partial charge in [-0.3, -0.25) is 0 Å². The van der Waals surface area contributed by atoms with Crippen molar-refractivity contribution in [2.75, 3.05) is 0 Å². The highest BCUT2D eigenvalue weighted by Crippen LogP contribution is 2.49. The molecule has 0 aliphatic heterocycles. The number of aryl methyl sites for hydroxylation is 5. The SMILES string of the molecule is CCCc1ccc(C)c(C(C)(C)C)c1.Cc1ccc(-c2ccc(C)c(C3C4=CC=CC3CCC4)c2)cc1.Cc1ccc2c(c1)C(C)(C)c1ccccc1-2. The van der Waals surface area contributed by atoms with E-state index in [9.17, 15) is 0 Å². The summed E-state index contributed by atoms with van der Waals surface area (Å²) in [6, 6.07) is 38.3. The molecule has 0 amide bonds. The Balaban J connectivity index is 0.000000142. The van der Waals surface area contributed by atoms with Crippen LogP contribution in [0.4, 0.5) is 0 Å². The van der Waals surface area contributed by atoms with Gasteiger partial charge in [-0.15, -0.1) is 0 Å². The Bertz CT molecular complexity index is 2110. The molecule has 2 atom stereocenters. The number of benzene rings is 5. The minimum atomic E-state index is 0.151. The van der Waals surface area contributed by atoms with Gasteiger partial charge in [0.25, 0.3) is 0 Å². The van der Waals surface area contributed by atoms with E-state index in [0.717, 1.165) is 0 Å². The molecule has 2 bridgehead atoms. The Hall–Kier alpha value is -4.42. The number of allylic oxidation sites excluding steroid dienone is 4. The van der Waals surface area contributed by atoms with E-state index in [-0.39, 0.29) is 10.8 Å². The lowest BCUT2D eigenvalue weighted by atomic mass is 9.69. The molecule has 0 N–H and O–H groups in total. The van der Waals surface area contributed by atoms with Gasteiger partial charge in [-0.1, -0.05) is 186 Å². The second-order valence-electron chi connectivity index (χ2n) is 17.5. The van der Waals surface area contributed by atoms with Crippen molar-refractivity contribution in [2.45, 2.75) is 118 Å². The molecule has 0 saturated heterocycles. The Morgan fingerprint density at radius 1 is 0.679 bits per heavy atom. The standard InChI is InChI=1S/C23H24.C16H16.C14H22/c1-16-9-12-18(13-10-16)21-14-11-17(2)22(15-21)23-19-5-3-6-20(23)8-4-7-19;1-11-8-9-13-12-6-4-5-7-14(12)16(2,3)15(13)10-11;1-6-7-12-9-8-11(2)13(10-12)14(3,4)5/h3,5-6,9-15,19,23H,4,7-8H2,1-2H3;4-10H,1-3H3;8-10H,6-7H2,1-5H3. The van der Waals surface area contributed by atoms with Gasteiger partial charge in [0, 0.05) is 11.3 Å². The minimum Gasteiger partial charge on any atom is -0.0805 e. The lowest BCUT2D eigenvalue weighted by Crippen LogP contribution is -2.21.